The molecule has 0 radical (unpaired) electrons. The first-order valence-corrected chi connectivity index (χ1v) is 11.4. The third kappa shape index (κ3) is 6.63. The van der Waals surface area contributed by atoms with Crippen LogP contribution < -0.4 is 10.6 Å². The van der Waals surface area contributed by atoms with E-state index < -0.39 is 30.1 Å². The maximum absolute atomic E-state index is 12.5. The molecular weight excluding hydrogens is 448 g/mol. The van der Waals surface area contributed by atoms with E-state index >= 15 is 0 Å². The number of ether oxygens (including phenoxy) is 1. The standard InChI is InChI=1S/C26H26N4O5/c1-16(18-5-3-2-4-6-18)35-26(34)29-21-14-27-23(28-15-21)19-9-11-20(12-10-19)24(31)30-22(25(32)33)13-17-7-8-17/h2-6,9-12,14-17,22H,7-8,13H2,1H3,(H,29,34)(H,30,31)(H,32,33). The molecule has 9 heteroatoms. The van der Waals surface area contributed by atoms with Gasteiger partial charge in [0.2, 0.25) is 0 Å². The normalized spacial score (nSPS) is 14.4. The number of hydrogen-bond donors (Lipinski definition) is 3. The Labute approximate surface area is 202 Å². The second kappa shape index (κ2) is 10.8. The number of benzene rings is 2. The van der Waals surface area contributed by atoms with E-state index in [4.69, 9.17) is 4.74 Å². The van der Waals surface area contributed by atoms with E-state index in [0.29, 0.717) is 35.0 Å². The van der Waals surface area contributed by atoms with Gasteiger partial charge in [0, 0.05) is 11.1 Å². The number of hydrogen-bond acceptors (Lipinski definition) is 6. The van der Waals surface area contributed by atoms with Gasteiger partial charge in [0.1, 0.15) is 12.1 Å². The average Bonchev–Trinajstić information content (AvgIpc) is 3.69. The van der Waals surface area contributed by atoms with Gasteiger partial charge in [-0.2, -0.15) is 0 Å². The van der Waals surface area contributed by atoms with Crippen LogP contribution in [0.4, 0.5) is 10.5 Å². The molecule has 0 saturated heterocycles. The molecule has 1 aliphatic rings. The smallest absolute Gasteiger partial charge is 0.412 e. The Hall–Kier alpha value is -4.27. The number of aromatic nitrogens is 2. The quantitative estimate of drug-likeness (QED) is 0.418. The minimum atomic E-state index is -1.03. The minimum Gasteiger partial charge on any atom is -0.480 e. The highest BCUT2D eigenvalue weighted by molar-refractivity contribution is 5.97. The average molecular weight is 475 g/mol. The summed E-state index contributed by atoms with van der Waals surface area (Å²) in [6.45, 7) is 1.79. The summed E-state index contributed by atoms with van der Waals surface area (Å²) in [6.07, 6.45) is 4.37. The molecule has 9 nitrogen and oxygen atoms in total. The minimum absolute atomic E-state index is 0.351. The van der Waals surface area contributed by atoms with Crippen molar-refractivity contribution in [3.8, 4) is 11.4 Å². The summed E-state index contributed by atoms with van der Waals surface area (Å²) in [7, 11) is 0. The Morgan fingerprint density at radius 1 is 1.03 bits per heavy atom. The van der Waals surface area contributed by atoms with Crippen LogP contribution in [0, 0.1) is 5.92 Å². The first-order valence-electron chi connectivity index (χ1n) is 11.4. The SMILES string of the molecule is CC(OC(=O)Nc1cnc(-c2ccc(C(=O)NC(CC3CC3)C(=O)O)cc2)nc1)c1ccccc1. The van der Waals surface area contributed by atoms with Crippen LogP contribution in [0.25, 0.3) is 11.4 Å². The Bertz CT molecular complexity index is 1180. The van der Waals surface area contributed by atoms with E-state index in [0.717, 1.165) is 18.4 Å². The molecule has 2 aromatic carbocycles. The van der Waals surface area contributed by atoms with Gasteiger partial charge in [0.15, 0.2) is 5.82 Å². The summed E-state index contributed by atoms with van der Waals surface area (Å²) in [4.78, 5) is 44.6. The number of anilines is 1. The van der Waals surface area contributed by atoms with E-state index in [1.807, 2.05) is 30.3 Å². The van der Waals surface area contributed by atoms with Crippen LogP contribution in [0.5, 0.6) is 0 Å². The number of carbonyl (C=O) groups excluding carboxylic acids is 2. The van der Waals surface area contributed by atoms with Gasteiger partial charge in [-0.1, -0.05) is 55.3 Å². The van der Waals surface area contributed by atoms with Gasteiger partial charge in [-0.25, -0.2) is 19.6 Å². The van der Waals surface area contributed by atoms with Crippen molar-refractivity contribution in [1.29, 1.82) is 0 Å². The predicted molar refractivity (Wildman–Crippen MR) is 129 cm³/mol. The van der Waals surface area contributed by atoms with Crippen LogP contribution in [-0.2, 0) is 9.53 Å². The van der Waals surface area contributed by atoms with Crippen LogP contribution in [0.3, 0.4) is 0 Å². The van der Waals surface area contributed by atoms with E-state index in [9.17, 15) is 19.5 Å². The molecule has 1 saturated carbocycles. The van der Waals surface area contributed by atoms with Crippen molar-refractivity contribution in [3.05, 3.63) is 78.1 Å². The molecule has 1 fully saturated rings. The van der Waals surface area contributed by atoms with Crippen LogP contribution >= 0.6 is 0 Å². The van der Waals surface area contributed by atoms with Crippen molar-refractivity contribution in [1.82, 2.24) is 15.3 Å². The van der Waals surface area contributed by atoms with Crippen molar-refractivity contribution in [3.63, 3.8) is 0 Å². The summed E-state index contributed by atoms with van der Waals surface area (Å²) in [5, 5.41) is 14.5. The molecule has 0 spiro atoms. The number of aliphatic carboxylic acids is 1. The molecular formula is C26H26N4O5. The van der Waals surface area contributed by atoms with Gasteiger partial charge in [-0.05, 0) is 37.0 Å². The van der Waals surface area contributed by atoms with Gasteiger partial charge in [0.05, 0.1) is 18.1 Å². The number of amides is 2. The predicted octanol–water partition coefficient (Wildman–Crippen LogP) is 4.44. The van der Waals surface area contributed by atoms with Crippen LogP contribution in [0.2, 0.25) is 0 Å². The highest BCUT2D eigenvalue weighted by Gasteiger charge is 2.30. The molecule has 1 aromatic heterocycles. The first kappa shape index (κ1) is 23.9. The number of carboxylic acid groups (broad SMARTS) is 1. The summed E-state index contributed by atoms with van der Waals surface area (Å²) in [5.74, 6) is -0.677. The van der Waals surface area contributed by atoms with E-state index in [2.05, 4.69) is 20.6 Å². The fourth-order valence-electron chi connectivity index (χ4n) is 3.56. The third-order valence-corrected chi connectivity index (χ3v) is 5.73. The zero-order valence-electron chi connectivity index (χ0n) is 19.2. The zero-order valence-corrected chi connectivity index (χ0v) is 19.2. The van der Waals surface area contributed by atoms with Crippen LogP contribution in [0.1, 0.15) is 48.2 Å². The Morgan fingerprint density at radius 3 is 2.29 bits per heavy atom. The number of rotatable bonds is 9. The van der Waals surface area contributed by atoms with Crippen molar-refractivity contribution in [2.24, 2.45) is 5.92 Å². The Balaban J connectivity index is 1.32. The van der Waals surface area contributed by atoms with Gasteiger partial charge in [-0.15, -0.1) is 0 Å². The van der Waals surface area contributed by atoms with Crippen LogP contribution in [-0.4, -0.2) is 39.1 Å². The second-order valence-electron chi connectivity index (χ2n) is 8.50. The summed E-state index contributed by atoms with van der Waals surface area (Å²) in [5.41, 5.74) is 2.28. The lowest BCUT2D eigenvalue weighted by Crippen LogP contribution is -2.41. The van der Waals surface area contributed by atoms with Gasteiger partial charge in [0.25, 0.3) is 5.91 Å². The Kier molecular flexibility index (Phi) is 7.35. The molecule has 4 rings (SSSR count). The van der Waals surface area contributed by atoms with Gasteiger partial charge in [-0.3, -0.25) is 10.1 Å². The lowest BCUT2D eigenvalue weighted by molar-refractivity contribution is -0.139. The van der Waals surface area contributed by atoms with Gasteiger partial charge < -0.3 is 15.2 Å². The molecule has 3 N–H and O–H groups in total. The summed E-state index contributed by atoms with van der Waals surface area (Å²) in [6, 6.07) is 15.1. The highest BCUT2D eigenvalue weighted by Crippen LogP contribution is 2.33. The lowest BCUT2D eigenvalue weighted by Gasteiger charge is -2.14. The molecule has 2 amide bonds. The van der Waals surface area contributed by atoms with Crippen molar-refractivity contribution < 1.29 is 24.2 Å². The van der Waals surface area contributed by atoms with Crippen molar-refractivity contribution >= 4 is 23.7 Å². The number of nitrogens with one attached hydrogen (secondary N) is 2. The number of carboxylic acids is 1. The van der Waals surface area contributed by atoms with E-state index in [-0.39, 0.29) is 0 Å². The molecule has 1 heterocycles. The fourth-order valence-corrected chi connectivity index (χ4v) is 3.56. The molecule has 0 bridgehead atoms. The molecule has 2 atom stereocenters. The lowest BCUT2D eigenvalue weighted by atomic mass is 10.1. The maximum atomic E-state index is 12.5. The third-order valence-electron chi connectivity index (χ3n) is 5.73. The number of nitrogens with zero attached hydrogens (tertiary/aromatic N) is 2. The molecule has 2 unspecified atom stereocenters. The number of carbonyl (C=O) groups is 3. The van der Waals surface area contributed by atoms with E-state index in [1.165, 1.54) is 12.4 Å². The van der Waals surface area contributed by atoms with Crippen LogP contribution in [0.15, 0.2) is 67.0 Å². The molecule has 1 aliphatic carbocycles. The summed E-state index contributed by atoms with van der Waals surface area (Å²) < 4.78 is 5.38. The zero-order chi connectivity index (χ0) is 24.8. The topological polar surface area (TPSA) is 131 Å². The molecule has 3 aromatic rings. The maximum Gasteiger partial charge on any atom is 0.412 e. The molecule has 0 aliphatic heterocycles. The Morgan fingerprint density at radius 2 is 1.69 bits per heavy atom. The monoisotopic (exact) mass is 474 g/mol. The fraction of sp³-hybridized carbons (Fsp3) is 0.269. The molecule has 180 valence electrons. The van der Waals surface area contributed by atoms with Crippen molar-refractivity contribution in [2.45, 2.75) is 38.3 Å². The van der Waals surface area contributed by atoms with Crippen molar-refractivity contribution in [2.75, 3.05) is 5.32 Å². The van der Waals surface area contributed by atoms with E-state index in [1.54, 1.807) is 31.2 Å². The largest absolute Gasteiger partial charge is 0.480 e. The second-order valence-corrected chi connectivity index (χ2v) is 8.50. The molecule has 35 heavy (non-hydrogen) atoms. The first-order chi connectivity index (χ1) is 16.9. The van der Waals surface area contributed by atoms with Gasteiger partial charge >= 0.3 is 12.1 Å². The summed E-state index contributed by atoms with van der Waals surface area (Å²) >= 11 is 0. The highest BCUT2D eigenvalue weighted by atomic mass is 16.6.